The van der Waals surface area contributed by atoms with Gasteiger partial charge in [0, 0.05) is 6.07 Å². The summed E-state index contributed by atoms with van der Waals surface area (Å²) in [7, 11) is 1.32. The molecule has 0 unspecified atom stereocenters. The molecule has 0 N–H and O–H groups in total. The number of ether oxygens (including phenoxy) is 2. The molecule has 0 fully saturated rings. The van der Waals surface area contributed by atoms with E-state index >= 15 is 0 Å². The van der Waals surface area contributed by atoms with Crippen LogP contribution in [0.4, 0.5) is 0 Å². The highest BCUT2D eigenvalue weighted by molar-refractivity contribution is 6.31. The van der Waals surface area contributed by atoms with Crippen LogP contribution < -0.4 is 4.74 Å². The van der Waals surface area contributed by atoms with E-state index in [1.807, 2.05) is 19.9 Å². The Morgan fingerprint density at radius 2 is 2.16 bits per heavy atom. The van der Waals surface area contributed by atoms with E-state index in [9.17, 15) is 4.79 Å². The van der Waals surface area contributed by atoms with Crippen molar-refractivity contribution in [3.63, 3.8) is 0 Å². The fraction of sp³-hybridized carbons (Fsp3) is 0.429. The molecule has 102 valence electrons. The maximum absolute atomic E-state index is 11.6. The SMILES string of the molecule is COC(=O)[C@@H](CC(C)C)Oc1ccc(C#N)c(Cl)c1. The van der Waals surface area contributed by atoms with Gasteiger partial charge in [0.05, 0.1) is 17.7 Å². The van der Waals surface area contributed by atoms with Crippen molar-refractivity contribution >= 4 is 17.6 Å². The number of benzene rings is 1. The Kier molecular flexibility index (Phi) is 5.65. The van der Waals surface area contributed by atoms with Gasteiger partial charge in [-0.1, -0.05) is 25.4 Å². The Balaban J connectivity index is 2.87. The average molecular weight is 282 g/mol. The molecule has 1 aromatic rings. The molecular weight excluding hydrogens is 266 g/mol. The monoisotopic (exact) mass is 281 g/mol. The molecule has 0 heterocycles. The summed E-state index contributed by atoms with van der Waals surface area (Å²) in [6.45, 7) is 3.98. The van der Waals surface area contributed by atoms with Crippen molar-refractivity contribution in [2.75, 3.05) is 7.11 Å². The molecule has 0 saturated carbocycles. The predicted molar refractivity (Wildman–Crippen MR) is 72.1 cm³/mol. The number of hydrogen-bond acceptors (Lipinski definition) is 4. The first-order chi connectivity index (χ1) is 8.97. The minimum Gasteiger partial charge on any atom is -0.479 e. The van der Waals surface area contributed by atoms with Gasteiger partial charge in [-0.15, -0.1) is 0 Å². The molecule has 0 bridgehead atoms. The minimum absolute atomic E-state index is 0.290. The van der Waals surface area contributed by atoms with Gasteiger partial charge in [0.25, 0.3) is 0 Å². The van der Waals surface area contributed by atoms with Crippen molar-refractivity contribution in [2.45, 2.75) is 26.4 Å². The molecular formula is C14H16ClNO3. The number of carbonyl (C=O) groups is 1. The van der Waals surface area contributed by atoms with E-state index in [1.54, 1.807) is 12.1 Å². The summed E-state index contributed by atoms with van der Waals surface area (Å²) in [5, 5.41) is 9.09. The van der Waals surface area contributed by atoms with Crippen molar-refractivity contribution in [1.29, 1.82) is 5.26 Å². The first-order valence-electron chi connectivity index (χ1n) is 5.92. The van der Waals surface area contributed by atoms with Crippen LogP contribution in [0.25, 0.3) is 0 Å². The summed E-state index contributed by atoms with van der Waals surface area (Å²) in [6.07, 6.45) is -0.126. The third-order valence-electron chi connectivity index (χ3n) is 2.49. The molecule has 1 rings (SSSR count). The number of nitrogens with zero attached hydrogens (tertiary/aromatic N) is 1. The molecule has 0 aliphatic carbocycles. The molecule has 0 amide bonds. The number of methoxy groups -OCH3 is 1. The fourth-order valence-corrected chi connectivity index (χ4v) is 1.79. The van der Waals surface area contributed by atoms with E-state index in [1.165, 1.54) is 13.2 Å². The summed E-state index contributed by atoms with van der Waals surface area (Å²) in [5.41, 5.74) is 0.368. The first-order valence-corrected chi connectivity index (χ1v) is 6.29. The van der Waals surface area contributed by atoms with Gasteiger partial charge in [0.2, 0.25) is 0 Å². The zero-order valence-corrected chi connectivity index (χ0v) is 11.9. The van der Waals surface area contributed by atoms with Gasteiger partial charge in [-0.05, 0) is 24.5 Å². The Morgan fingerprint density at radius 1 is 1.47 bits per heavy atom. The van der Waals surface area contributed by atoms with Crippen LogP contribution in [0.1, 0.15) is 25.8 Å². The normalized spacial score (nSPS) is 11.8. The van der Waals surface area contributed by atoms with Crippen LogP contribution in [0, 0.1) is 17.2 Å². The van der Waals surface area contributed by atoms with Crippen LogP contribution in [0.3, 0.4) is 0 Å². The number of esters is 1. The second-order valence-electron chi connectivity index (χ2n) is 4.51. The third-order valence-corrected chi connectivity index (χ3v) is 2.80. The Hall–Kier alpha value is -1.73. The van der Waals surface area contributed by atoms with Gasteiger partial charge in [0.15, 0.2) is 6.10 Å². The zero-order valence-electron chi connectivity index (χ0n) is 11.1. The largest absolute Gasteiger partial charge is 0.479 e. The van der Waals surface area contributed by atoms with Crippen molar-refractivity contribution in [1.82, 2.24) is 0 Å². The highest BCUT2D eigenvalue weighted by Crippen LogP contribution is 2.24. The summed E-state index contributed by atoms with van der Waals surface area (Å²) in [6, 6.07) is 6.66. The minimum atomic E-state index is -0.672. The van der Waals surface area contributed by atoms with E-state index in [0.29, 0.717) is 22.8 Å². The number of rotatable bonds is 5. The fourth-order valence-electron chi connectivity index (χ4n) is 1.58. The van der Waals surface area contributed by atoms with Crippen LogP contribution >= 0.6 is 11.6 Å². The lowest BCUT2D eigenvalue weighted by atomic mass is 10.1. The molecule has 0 aromatic heterocycles. The van der Waals surface area contributed by atoms with E-state index in [0.717, 1.165) is 0 Å². The van der Waals surface area contributed by atoms with Gasteiger partial charge in [-0.25, -0.2) is 4.79 Å². The molecule has 0 radical (unpaired) electrons. The average Bonchev–Trinajstić information content (AvgIpc) is 2.36. The van der Waals surface area contributed by atoms with Gasteiger partial charge in [-0.2, -0.15) is 5.26 Å². The van der Waals surface area contributed by atoms with Crippen molar-refractivity contribution in [3.05, 3.63) is 28.8 Å². The second-order valence-corrected chi connectivity index (χ2v) is 4.92. The lowest BCUT2D eigenvalue weighted by Crippen LogP contribution is -2.30. The van der Waals surface area contributed by atoms with Crippen LogP contribution in [-0.4, -0.2) is 19.2 Å². The van der Waals surface area contributed by atoms with Crippen LogP contribution in [0.15, 0.2) is 18.2 Å². The van der Waals surface area contributed by atoms with Gasteiger partial charge in [0.1, 0.15) is 11.8 Å². The lowest BCUT2D eigenvalue weighted by molar-refractivity contribution is -0.149. The molecule has 1 aromatic carbocycles. The summed E-state index contributed by atoms with van der Waals surface area (Å²) in [5.74, 6) is 0.312. The van der Waals surface area contributed by atoms with E-state index in [-0.39, 0.29) is 5.92 Å². The summed E-state index contributed by atoms with van der Waals surface area (Å²) < 4.78 is 10.3. The molecule has 0 aliphatic heterocycles. The maximum atomic E-state index is 11.6. The molecule has 5 heteroatoms. The first kappa shape index (κ1) is 15.3. The molecule has 0 saturated heterocycles. The highest BCUT2D eigenvalue weighted by atomic mass is 35.5. The van der Waals surface area contributed by atoms with Crippen molar-refractivity contribution < 1.29 is 14.3 Å². The summed E-state index contributed by atoms with van der Waals surface area (Å²) >= 11 is 5.91. The molecule has 1 atom stereocenters. The maximum Gasteiger partial charge on any atom is 0.347 e. The topological polar surface area (TPSA) is 59.3 Å². The predicted octanol–water partition coefficient (Wildman–Crippen LogP) is 3.18. The van der Waals surface area contributed by atoms with E-state index in [4.69, 9.17) is 26.3 Å². The van der Waals surface area contributed by atoms with Gasteiger partial charge >= 0.3 is 5.97 Å². The van der Waals surface area contributed by atoms with E-state index < -0.39 is 12.1 Å². The van der Waals surface area contributed by atoms with Crippen LogP contribution in [0.5, 0.6) is 5.75 Å². The molecule has 0 aliphatic rings. The second kappa shape index (κ2) is 7.01. The Labute approximate surface area is 117 Å². The Bertz CT molecular complexity index is 494. The lowest BCUT2D eigenvalue weighted by Gasteiger charge is -2.18. The van der Waals surface area contributed by atoms with Crippen molar-refractivity contribution in [2.24, 2.45) is 5.92 Å². The highest BCUT2D eigenvalue weighted by Gasteiger charge is 2.22. The molecule has 0 spiro atoms. The van der Waals surface area contributed by atoms with Gasteiger partial charge in [-0.3, -0.25) is 0 Å². The smallest absolute Gasteiger partial charge is 0.347 e. The van der Waals surface area contributed by atoms with Crippen LogP contribution in [0.2, 0.25) is 5.02 Å². The summed E-state index contributed by atoms with van der Waals surface area (Å²) in [4.78, 5) is 11.6. The van der Waals surface area contributed by atoms with Crippen molar-refractivity contribution in [3.8, 4) is 11.8 Å². The third kappa shape index (κ3) is 4.46. The van der Waals surface area contributed by atoms with Crippen LogP contribution in [-0.2, 0) is 9.53 Å². The van der Waals surface area contributed by atoms with Gasteiger partial charge < -0.3 is 9.47 Å². The number of carbonyl (C=O) groups excluding carboxylic acids is 1. The quantitative estimate of drug-likeness (QED) is 0.778. The molecule has 19 heavy (non-hydrogen) atoms. The standard InChI is InChI=1S/C14H16ClNO3/c1-9(2)6-13(14(17)18-3)19-11-5-4-10(8-16)12(15)7-11/h4-5,7,9,13H,6H2,1-3H3/t13-/m1/s1. The number of halogens is 1. The zero-order chi connectivity index (χ0) is 14.4. The molecule has 4 nitrogen and oxygen atoms in total. The Morgan fingerprint density at radius 3 is 2.63 bits per heavy atom. The van der Waals surface area contributed by atoms with E-state index in [2.05, 4.69) is 0 Å². The number of nitriles is 1. The number of hydrogen-bond donors (Lipinski definition) is 0.